The fraction of sp³-hybridized carbons (Fsp3) is 0.500. The number of hydrogen-bond donors (Lipinski definition) is 0. The van der Waals surface area contributed by atoms with E-state index in [0.29, 0.717) is 6.16 Å². The predicted molar refractivity (Wildman–Crippen MR) is 31.1 cm³/mol. The number of rotatable bonds is 3. The Morgan fingerprint density at radius 3 is 2.71 bits per heavy atom. The lowest BCUT2D eigenvalue weighted by molar-refractivity contribution is 0.417. The summed E-state index contributed by atoms with van der Waals surface area (Å²) in [5.41, 5.74) is 0. The van der Waals surface area contributed by atoms with Crippen LogP contribution in [0.15, 0.2) is 12.7 Å². The van der Waals surface area contributed by atoms with Gasteiger partial charge in [0.05, 0.1) is 0 Å². The Balaban J connectivity index is 3.17. The van der Waals surface area contributed by atoms with Gasteiger partial charge < -0.3 is 4.52 Å². The zero-order valence-corrected chi connectivity index (χ0v) is 5.31. The lowest BCUT2D eigenvalue weighted by Crippen LogP contribution is -1.69. The van der Waals surface area contributed by atoms with Gasteiger partial charge in [0, 0.05) is 13.3 Å². The van der Waals surface area contributed by atoms with E-state index in [4.69, 9.17) is 0 Å². The van der Waals surface area contributed by atoms with Crippen LogP contribution in [0.5, 0.6) is 0 Å². The second kappa shape index (κ2) is 4.10. The van der Waals surface area contributed by atoms with Crippen LogP contribution in [0.2, 0.25) is 0 Å². The molecule has 42 valence electrons. The largest absolute Gasteiger partial charge is 0.334 e. The lowest BCUT2D eigenvalue weighted by atomic mass is 10.8. The molecule has 2 nitrogen and oxygen atoms in total. The molecule has 0 saturated carbocycles. The van der Waals surface area contributed by atoms with E-state index < -0.39 is 8.03 Å². The van der Waals surface area contributed by atoms with Crippen molar-refractivity contribution in [2.45, 2.75) is 0 Å². The fourth-order valence-corrected chi connectivity index (χ4v) is 0.604. The zero-order valence-electron chi connectivity index (χ0n) is 4.31. The standard InChI is InChI=1S/C4H9O2P/c1-3-4-7(5)6-2/h3,7H,1,4H2,2H3. The van der Waals surface area contributed by atoms with Gasteiger partial charge in [-0.1, -0.05) is 6.08 Å². The van der Waals surface area contributed by atoms with Gasteiger partial charge in [0.1, 0.15) is 0 Å². The Hall–Kier alpha value is -0.0700. The van der Waals surface area contributed by atoms with Gasteiger partial charge in [-0.25, -0.2) is 0 Å². The Morgan fingerprint density at radius 1 is 2.00 bits per heavy atom. The lowest BCUT2D eigenvalue weighted by Gasteiger charge is -1.88. The van der Waals surface area contributed by atoms with Crippen LogP contribution in [0.25, 0.3) is 0 Å². The summed E-state index contributed by atoms with van der Waals surface area (Å²) >= 11 is 0. The van der Waals surface area contributed by atoms with Crippen molar-refractivity contribution < 1.29 is 9.09 Å². The predicted octanol–water partition coefficient (Wildman–Crippen LogP) is 1.29. The van der Waals surface area contributed by atoms with Crippen LogP contribution >= 0.6 is 8.03 Å². The highest BCUT2D eigenvalue weighted by atomic mass is 31.1. The molecule has 0 rings (SSSR count). The first-order valence-corrected chi connectivity index (χ1v) is 3.51. The van der Waals surface area contributed by atoms with Crippen molar-refractivity contribution in [2.75, 3.05) is 13.3 Å². The third-order valence-electron chi connectivity index (χ3n) is 0.539. The van der Waals surface area contributed by atoms with Crippen LogP contribution in [-0.4, -0.2) is 13.3 Å². The Kier molecular flexibility index (Phi) is 4.06. The molecule has 0 heterocycles. The van der Waals surface area contributed by atoms with Gasteiger partial charge in [-0.05, 0) is 0 Å². The van der Waals surface area contributed by atoms with Gasteiger partial charge in [-0.15, -0.1) is 6.58 Å². The van der Waals surface area contributed by atoms with Gasteiger partial charge in [-0.3, -0.25) is 4.57 Å². The molecule has 0 amide bonds. The molecule has 1 unspecified atom stereocenters. The van der Waals surface area contributed by atoms with E-state index in [1.807, 2.05) is 0 Å². The zero-order chi connectivity index (χ0) is 5.70. The van der Waals surface area contributed by atoms with Crippen molar-refractivity contribution in [1.82, 2.24) is 0 Å². The van der Waals surface area contributed by atoms with Gasteiger partial charge in [0.2, 0.25) is 0 Å². The summed E-state index contributed by atoms with van der Waals surface area (Å²) in [6.07, 6.45) is 2.08. The molecule has 0 fully saturated rings. The highest BCUT2D eigenvalue weighted by Gasteiger charge is 1.86. The second-order valence-electron chi connectivity index (χ2n) is 1.07. The van der Waals surface area contributed by atoms with Crippen LogP contribution in [-0.2, 0) is 9.09 Å². The summed E-state index contributed by atoms with van der Waals surface area (Å²) in [5, 5.41) is 0. The molecule has 0 aliphatic rings. The molecule has 0 spiro atoms. The smallest absolute Gasteiger partial charge is 0.195 e. The van der Waals surface area contributed by atoms with E-state index in [2.05, 4.69) is 11.1 Å². The summed E-state index contributed by atoms with van der Waals surface area (Å²) in [6.45, 7) is 3.39. The van der Waals surface area contributed by atoms with Crippen molar-refractivity contribution >= 4 is 8.03 Å². The Labute approximate surface area is 44.0 Å². The average molecular weight is 120 g/mol. The van der Waals surface area contributed by atoms with E-state index in [1.165, 1.54) is 7.11 Å². The summed E-state index contributed by atoms with van der Waals surface area (Å²) in [6, 6.07) is 0. The molecule has 0 saturated heterocycles. The number of allylic oxidation sites excluding steroid dienone is 1. The van der Waals surface area contributed by atoms with Crippen molar-refractivity contribution in [2.24, 2.45) is 0 Å². The first-order chi connectivity index (χ1) is 3.31. The first-order valence-electron chi connectivity index (χ1n) is 1.99. The molecule has 7 heavy (non-hydrogen) atoms. The van der Waals surface area contributed by atoms with Gasteiger partial charge in [0.15, 0.2) is 8.03 Å². The Morgan fingerprint density at radius 2 is 2.57 bits per heavy atom. The molecule has 0 radical (unpaired) electrons. The van der Waals surface area contributed by atoms with E-state index in [0.717, 1.165) is 0 Å². The van der Waals surface area contributed by atoms with Gasteiger partial charge in [-0.2, -0.15) is 0 Å². The van der Waals surface area contributed by atoms with E-state index in [-0.39, 0.29) is 0 Å². The summed E-state index contributed by atoms with van der Waals surface area (Å²) in [7, 11) is -0.313. The minimum Gasteiger partial charge on any atom is -0.334 e. The molecule has 0 aromatic rings. The maximum Gasteiger partial charge on any atom is 0.195 e. The first kappa shape index (κ1) is 6.93. The minimum absolute atomic E-state index is 0.487. The molecule has 3 heteroatoms. The molecule has 0 aliphatic heterocycles. The third kappa shape index (κ3) is 3.77. The summed E-state index contributed by atoms with van der Waals surface area (Å²) in [4.78, 5) is 0. The van der Waals surface area contributed by atoms with Crippen LogP contribution in [0.1, 0.15) is 0 Å². The van der Waals surface area contributed by atoms with Crippen molar-refractivity contribution in [1.29, 1.82) is 0 Å². The summed E-state index contributed by atoms with van der Waals surface area (Å²) in [5.74, 6) is 0. The molecule has 1 atom stereocenters. The van der Waals surface area contributed by atoms with Crippen LogP contribution < -0.4 is 0 Å². The molecule has 0 aromatic carbocycles. The Bertz CT molecular complexity index is 79.8. The molecular weight excluding hydrogens is 111 g/mol. The van der Waals surface area contributed by atoms with Crippen LogP contribution in [0.3, 0.4) is 0 Å². The highest BCUT2D eigenvalue weighted by Crippen LogP contribution is 2.18. The molecule has 0 N–H and O–H groups in total. The van der Waals surface area contributed by atoms with Gasteiger partial charge >= 0.3 is 0 Å². The van der Waals surface area contributed by atoms with Crippen molar-refractivity contribution in [3.05, 3.63) is 12.7 Å². The third-order valence-corrected chi connectivity index (χ3v) is 1.62. The normalized spacial score (nSPS) is 13.3. The second-order valence-corrected chi connectivity index (χ2v) is 2.63. The fourth-order valence-electron chi connectivity index (χ4n) is 0.201. The number of hydrogen-bond acceptors (Lipinski definition) is 2. The molecule has 0 aliphatic carbocycles. The minimum atomic E-state index is -1.75. The maximum absolute atomic E-state index is 10.3. The molecular formula is C4H9O2P. The SMILES string of the molecule is C=CC[PH](=O)OC. The monoisotopic (exact) mass is 120 g/mol. The van der Waals surface area contributed by atoms with E-state index in [9.17, 15) is 4.57 Å². The molecule has 0 bridgehead atoms. The van der Waals surface area contributed by atoms with Crippen molar-refractivity contribution in [3.8, 4) is 0 Å². The van der Waals surface area contributed by atoms with E-state index >= 15 is 0 Å². The van der Waals surface area contributed by atoms with Crippen LogP contribution in [0.4, 0.5) is 0 Å². The van der Waals surface area contributed by atoms with Crippen LogP contribution in [0, 0.1) is 0 Å². The highest BCUT2D eigenvalue weighted by molar-refractivity contribution is 7.39. The quantitative estimate of drug-likeness (QED) is 0.414. The topological polar surface area (TPSA) is 26.3 Å². The average Bonchev–Trinajstić information content (AvgIpc) is 1.68. The maximum atomic E-state index is 10.3. The van der Waals surface area contributed by atoms with Crippen molar-refractivity contribution in [3.63, 3.8) is 0 Å². The summed E-state index contributed by atoms with van der Waals surface area (Å²) < 4.78 is 14.8. The van der Waals surface area contributed by atoms with E-state index in [1.54, 1.807) is 6.08 Å². The molecule has 0 aromatic heterocycles. The van der Waals surface area contributed by atoms with Gasteiger partial charge in [0.25, 0.3) is 0 Å².